The van der Waals surface area contributed by atoms with Gasteiger partial charge in [0.25, 0.3) is 0 Å². The van der Waals surface area contributed by atoms with Crippen molar-refractivity contribution >= 4 is 6.09 Å². The number of methoxy groups -OCH3 is 1. The van der Waals surface area contributed by atoms with E-state index in [1.54, 1.807) is 0 Å². The van der Waals surface area contributed by atoms with E-state index in [0.717, 1.165) is 6.42 Å². The summed E-state index contributed by atoms with van der Waals surface area (Å²) in [5.74, 6) is 0. The second kappa shape index (κ2) is 5.99. The molecule has 1 aromatic carbocycles. The molecule has 0 heterocycles. The highest BCUT2D eigenvalue weighted by Gasteiger charge is 1.95. The van der Waals surface area contributed by atoms with E-state index in [4.69, 9.17) is 0 Å². The van der Waals surface area contributed by atoms with Gasteiger partial charge in [-0.2, -0.15) is 0 Å². The summed E-state index contributed by atoms with van der Waals surface area (Å²) < 4.78 is 4.39. The van der Waals surface area contributed by atoms with Crippen molar-refractivity contribution in [2.45, 2.75) is 6.42 Å². The first kappa shape index (κ1) is 10.5. The summed E-state index contributed by atoms with van der Waals surface area (Å²) in [7, 11) is 1.33. The van der Waals surface area contributed by atoms with Crippen LogP contribution in [-0.4, -0.2) is 19.7 Å². The number of benzene rings is 1. The van der Waals surface area contributed by atoms with Crippen molar-refractivity contribution in [2.75, 3.05) is 13.7 Å². The summed E-state index contributed by atoms with van der Waals surface area (Å²) >= 11 is 0. The van der Waals surface area contributed by atoms with Crippen LogP contribution in [0.4, 0.5) is 4.79 Å². The monoisotopic (exact) mass is 194 g/mol. The Balaban J connectivity index is 2.13. The molecule has 0 radical (unpaired) electrons. The number of amides is 1. The van der Waals surface area contributed by atoms with E-state index in [1.807, 2.05) is 30.3 Å². The second-order valence-electron chi connectivity index (χ2n) is 2.78. The second-order valence-corrected chi connectivity index (χ2v) is 2.78. The Hall–Kier alpha value is -1.55. The highest BCUT2D eigenvalue weighted by atomic mass is 16.5. The van der Waals surface area contributed by atoms with E-state index in [1.165, 1.54) is 12.7 Å². The smallest absolute Gasteiger partial charge is 0.421 e. The van der Waals surface area contributed by atoms with Gasteiger partial charge in [0, 0.05) is 6.54 Å². The molecule has 4 heteroatoms. The minimum atomic E-state index is -0.474. The molecule has 0 atom stereocenters. The van der Waals surface area contributed by atoms with Gasteiger partial charge in [-0.15, -0.1) is 0 Å². The normalized spacial score (nSPS) is 9.50. The Morgan fingerprint density at radius 1 is 1.36 bits per heavy atom. The predicted octanol–water partition coefficient (Wildman–Crippen LogP) is 1.09. The maximum atomic E-state index is 10.6. The van der Waals surface area contributed by atoms with Crippen LogP contribution in [0.3, 0.4) is 0 Å². The fraction of sp³-hybridized carbons (Fsp3) is 0.300. The molecule has 4 nitrogen and oxygen atoms in total. The first-order valence-corrected chi connectivity index (χ1v) is 4.43. The van der Waals surface area contributed by atoms with Gasteiger partial charge in [-0.1, -0.05) is 30.3 Å². The van der Waals surface area contributed by atoms with Crippen molar-refractivity contribution in [3.8, 4) is 0 Å². The summed E-state index contributed by atoms with van der Waals surface area (Å²) in [5.41, 5.74) is 6.38. The van der Waals surface area contributed by atoms with Gasteiger partial charge >= 0.3 is 6.09 Å². The lowest BCUT2D eigenvalue weighted by atomic mass is 10.2. The van der Waals surface area contributed by atoms with Crippen LogP contribution in [0.15, 0.2) is 30.3 Å². The SMILES string of the molecule is COC(=O)NNCCc1ccccc1. The minimum Gasteiger partial charge on any atom is -0.452 e. The lowest BCUT2D eigenvalue weighted by Gasteiger charge is -2.05. The zero-order valence-corrected chi connectivity index (χ0v) is 8.12. The molecule has 76 valence electrons. The Morgan fingerprint density at radius 3 is 2.71 bits per heavy atom. The van der Waals surface area contributed by atoms with E-state index >= 15 is 0 Å². The van der Waals surface area contributed by atoms with E-state index in [9.17, 15) is 4.79 Å². The molecule has 0 bridgehead atoms. The van der Waals surface area contributed by atoms with Crippen LogP contribution in [0, 0.1) is 0 Å². The molecular weight excluding hydrogens is 180 g/mol. The van der Waals surface area contributed by atoms with Gasteiger partial charge in [0.15, 0.2) is 0 Å². The van der Waals surface area contributed by atoms with Gasteiger partial charge in [-0.25, -0.2) is 10.2 Å². The number of ether oxygens (including phenoxy) is 1. The third-order valence-electron chi connectivity index (χ3n) is 1.76. The molecule has 0 aliphatic rings. The summed E-state index contributed by atoms with van der Waals surface area (Å²) in [4.78, 5) is 10.6. The van der Waals surface area contributed by atoms with Crippen molar-refractivity contribution in [1.82, 2.24) is 10.9 Å². The molecule has 0 unspecified atom stereocenters. The van der Waals surface area contributed by atoms with Crippen LogP contribution in [0.5, 0.6) is 0 Å². The predicted molar refractivity (Wildman–Crippen MR) is 53.7 cm³/mol. The third kappa shape index (κ3) is 3.91. The van der Waals surface area contributed by atoms with Crippen molar-refractivity contribution in [1.29, 1.82) is 0 Å². The number of hydrogen-bond donors (Lipinski definition) is 2. The number of hydrazine groups is 1. The lowest BCUT2D eigenvalue weighted by Crippen LogP contribution is -2.38. The highest BCUT2D eigenvalue weighted by molar-refractivity contribution is 5.66. The third-order valence-corrected chi connectivity index (χ3v) is 1.76. The number of nitrogens with one attached hydrogen (secondary N) is 2. The van der Waals surface area contributed by atoms with Crippen LogP contribution in [0.25, 0.3) is 0 Å². The summed E-state index contributed by atoms with van der Waals surface area (Å²) in [6.45, 7) is 0.680. The molecule has 14 heavy (non-hydrogen) atoms. The van der Waals surface area contributed by atoms with Gasteiger partial charge in [0.2, 0.25) is 0 Å². The van der Waals surface area contributed by atoms with Crippen molar-refractivity contribution in [3.05, 3.63) is 35.9 Å². The molecule has 0 saturated heterocycles. The van der Waals surface area contributed by atoms with Crippen LogP contribution in [0.2, 0.25) is 0 Å². The van der Waals surface area contributed by atoms with Crippen LogP contribution in [-0.2, 0) is 11.2 Å². The maximum absolute atomic E-state index is 10.6. The Labute approximate surface area is 83.2 Å². The van der Waals surface area contributed by atoms with E-state index < -0.39 is 6.09 Å². The first-order chi connectivity index (χ1) is 6.83. The Morgan fingerprint density at radius 2 is 2.07 bits per heavy atom. The summed E-state index contributed by atoms with van der Waals surface area (Å²) in [6, 6.07) is 10.0. The van der Waals surface area contributed by atoms with E-state index in [2.05, 4.69) is 15.6 Å². The van der Waals surface area contributed by atoms with Gasteiger partial charge < -0.3 is 4.74 Å². The van der Waals surface area contributed by atoms with E-state index in [-0.39, 0.29) is 0 Å². The quantitative estimate of drug-likeness (QED) is 0.557. The molecule has 1 rings (SSSR count). The number of hydrogen-bond acceptors (Lipinski definition) is 3. The number of rotatable bonds is 4. The largest absolute Gasteiger partial charge is 0.452 e. The first-order valence-electron chi connectivity index (χ1n) is 4.43. The molecular formula is C10H14N2O2. The summed E-state index contributed by atoms with van der Waals surface area (Å²) in [6.07, 6.45) is 0.392. The van der Waals surface area contributed by atoms with E-state index in [0.29, 0.717) is 6.54 Å². The van der Waals surface area contributed by atoms with Crippen LogP contribution >= 0.6 is 0 Å². The zero-order valence-electron chi connectivity index (χ0n) is 8.12. The molecule has 0 aliphatic heterocycles. The van der Waals surface area contributed by atoms with Crippen molar-refractivity contribution in [2.24, 2.45) is 0 Å². The molecule has 0 spiro atoms. The van der Waals surface area contributed by atoms with Gasteiger partial charge in [0.05, 0.1) is 7.11 Å². The summed E-state index contributed by atoms with van der Waals surface area (Å²) in [5, 5.41) is 0. The number of carbonyl (C=O) groups is 1. The Kier molecular flexibility index (Phi) is 4.50. The molecule has 1 amide bonds. The van der Waals surface area contributed by atoms with Crippen molar-refractivity contribution < 1.29 is 9.53 Å². The Bertz CT molecular complexity index is 275. The molecule has 2 N–H and O–H groups in total. The van der Waals surface area contributed by atoms with Crippen LogP contribution in [0.1, 0.15) is 5.56 Å². The van der Waals surface area contributed by atoms with Crippen LogP contribution < -0.4 is 10.9 Å². The molecule has 0 saturated carbocycles. The number of carbonyl (C=O) groups excluding carboxylic acids is 1. The highest BCUT2D eigenvalue weighted by Crippen LogP contribution is 1.97. The van der Waals surface area contributed by atoms with Gasteiger partial charge in [0.1, 0.15) is 0 Å². The van der Waals surface area contributed by atoms with Crippen molar-refractivity contribution in [3.63, 3.8) is 0 Å². The minimum absolute atomic E-state index is 0.474. The molecule has 0 aliphatic carbocycles. The lowest BCUT2D eigenvalue weighted by molar-refractivity contribution is 0.166. The molecule has 1 aromatic rings. The zero-order chi connectivity index (χ0) is 10.2. The topological polar surface area (TPSA) is 50.4 Å². The molecule has 0 fully saturated rings. The average molecular weight is 194 g/mol. The fourth-order valence-electron chi connectivity index (χ4n) is 1.04. The fourth-order valence-corrected chi connectivity index (χ4v) is 1.04. The van der Waals surface area contributed by atoms with Gasteiger partial charge in [-0.05, 0) is 12.0 Å². The van der Waals surface area contributed by atoms with Gasteiger partial charge in [-0.3, -0.25) is 5.43 Å². The average Bonchev–Trinajstić information content (AvgIpc) is 2.25. The maximum Gasteiger partial charge on any atom is 0.421 e. The molecule has 0 aromatic heterocycles. The standard InChI is InChI=1S/C10H14N2O2/c1-14-10(13)12-11-8-7-9-5-3-2-4-6-9/h2-6,11H,7-8H2,1H3,(H,12,13).